The second-order valence-electron chi connectivity index (χ2n) is 6.45. The summed E-state index contributed by atoms with van der Waals surface area (Å²) >= 11 is 0. The third-order valence-corrected chi connectivity index (χ3v) is 4.88. The summed E-state index contributed by atoms with van der Waals surface area (Å²) in [7, 11) is 3.44. The SMILES string of the molecule is COc1ccc2c(c1)N(C)c1ccccc1C2C(=O)Oc1c(F)cccc1F. The summed E-state index contributed by atoms with van der Waals surface area (Å²) < 4.78 is 38.5. The minimum absolute atomic E-state index is 0.636. The third kappa shape index (κ3) is 2.87. The van der Waals surface area contributed by atoms with Crippen molar-refractivity contribution in [1.82, 2.24) is 0 Å². The molecule has 0 aromatic heterocycles. The standard InChI is InChI=1S/C22H17F2NO3/c1-25-18-9-4-3-6-14(18)20(15-11-10-13(27-2)12-19(15)25)22(26)28-21-16(23)7-5-8-17(21)24/h3-12,20H,1-2H3. The number of methoxy groups -OCH3 is 1. The molecule has 1 aliphatic heterocycles. The van der Waals surface area contributed by atoms with Gasteiger partial charge in [0.2, 0.25) is 5.75 Å². The summed E-state index contributed by atoms with van der Waals surface area (Å²) in [5.74, 6) is -3.49. The third-order valence-electron chi connectivity index (χ3n) is 4.88. The van der Waals surface area contributed by atoms with Gasteiger partial charge in [-0.25, -0.2) is 8.78 Å². The molecule has 4 rings (SSSR count). The van der Waals surface area contributed by atoms with E-state index in [1.807, 2.05) is 42.3 Å². The van der Waals surface area contributed by atoms with Crippen LogP contribution in [0.3, 0.4) is 0 Å². The van der Waals surface area contributed by atoms with Gasteiger partial charge in [-0.3, -0.25) is 4.79 Å². The summed E-state index contributed by atoms with van der Waals surface area (Å²) in [6, 6.07) is 16.0. The predicted molar refractivity (Wildman–Crippen MR) is 101 cm³/mol. The number of halogens is 2. The van der Waals surface area contributed by atoms with Gasteiger partial charge >= 0.3 is 5.97 Å². The molecule has 1 unspecified atom stereocenters. The molecule has 3 aromatic rings. The molecule has 0 saturated carbocycles. The second kappa shape index (κ2) is 6.96. The molecule has 0 saturated heterocycles. The Morgan fingerprint density at radius 3 is 2.32 bits per heavy atom. The van der Waals surface area contributed by atoms with Gasteiger partial charge in [-0.2, -0.15) is 0 Å². The molecule has 3 aromatic carbocycles. The van der Waals surface area contributed by atoms with Gasteiger partial charge in [0.25, 0.3) is 0 Å². The van der Waals surface area contributed by atoms with Crippen molar-refractivity contribution in [1.29, 1.82) is 0 Å². The molecule has 0 aliphatic carbocycles. The van der Waals surface area contributed by atoms with Gasteiger partial charge < -0.3 is 14.4 Å². The Bertz CT molecular complexity index is 1050. The molecular weight excluding hydrogens is 364 g/mol. The van der Waals surface area contributed by atoms with E-state index in [0.717, 1.165) is 23.5 Å². The first-order chi connectivity index (χ1) is 13.5. The van der Waals surface area contributed by atoms with Crippen molar-refractivity contribution in [2.24, 2.45) is 0 Å². The molecule has 142 valence electrons. The number of hydrogen-bond acceptors (Lipinski definition) is 4. The van der Waals surface area contributed by atoms with E-state index < -0.39 is 29.3 Å². The lowest BCUT2D eigenvalue weighted by molar-refractivity contribution is -0.135. The van der Waals surface area contributed by atoms with E-state index in [1.165, 1.54) is 6.07 Å². The van der Waals surface area contributed by atoms with Gasteiger partial charge in [0.05, 0.1) is 7.11 Å². The monoisotopic (exact) mass is 381 g/mol. The molecule has 1 aliphatic rings. The van der Waals surface area contributed by atoms with Crippen LogP contribution in [0.1, 0.15) is 17.0 Å². The summed E-state index contributed by atoms with van der Waals surface area (Å²) in [6.07, 6.45) is 0. The van der Waals surface area contributed by atoms with Crippen LogP contribution in [-0.4, -0.2) is 20.1 Å². The van der Waals surface area contributed by atoms with E-state index in [4.69, 9.17) is 9.47 Å². The van der Waals surface area contributed by atoms with Crippen molar-refractivity contribution in [2.75, 3.05) is 19.1 Å². The molecule has 1 heterocycles. The second-order valence-corrected chi connectivity index (χ2v) is 6.45. The highest BCUT2D eigenvalue weighted by molar-refractivity contribution is 5.92. The van der Waals surface area contributed by atoms with E-state index >= 15 is 0 Å². The van der Waals surface area contributed by atoms with E-state index in [2.05, 4.69) is 0 Å². The number of esters is 1. The van der Waals surface area contributed by atoms with Crippen molar-refractivity contribution in [2.45, 2.75) is 5.92 Å². The van der Waals surface area contributed by atoms with Crippen molar-refractivity contribution < 1.29 is 23.0 Å². The van der Waals surface area contributed by atoms with Gasteiger partial charge in [-0.1, -0.05) is 30.3 Å². The fourth-order valence-electron chi connectivity index (χ4n) is 3.51. The number of nitrogens with zero attached hydrogens (tertiary/aromatic N) is 1. The number of anilines is 2. The fraction of sp³-hybridized carbons (Fsp3) is 0.136. The number of rotatable bonds is 3. The quantitative estimate of drug-likeness (QED) is 0.483. The molecule has 0 fully saturated rings. The highest BCUT2D eigenvalue weighted by atomic mass is 19.1. The number of carbonyl (C=O) groups excluding carboxylic acids is 1. The molecule has 0 radical (unpaired) electrons. The lowest BCUT2D eigenvalue weighted by Gasteiger charge is -2.34. The van der Waals surface area contributed by atoms with Gasteiger partial charge in [0, 0.05) is 24.5 Å². The number of benzene rings is 3. The Labute approximate surface area is 160 Å². The minimum atomic E-state index is -0.926. The Morgan fingerprint density at radius 1 is 0.929 bits per heavy atom. The maximum Gasteiger partial charge on any atom is 0.323 e. The molecule has 6 heteroatoms. The average molecular weight is 381 g/mol. The first kappa shape index (κ1) is 18.0. The Morgan fingerprint density at radius 2 is 1.61 bits per heavy atom. The molecule has 4 nitrogen and oxygen atoms in total. The lowest BCUT2D eigenvalue weighted by atomic mass is 9.85. The normalized spacial score (nSPS) is 14.9. The van der Waals surface area contributed by atoms with Crippen LogP contribution in [0.5, 0.6) is 11.5 Å². The molecule has 0 amide bonds. The number of fused-ring (bicyclic) bond motifs is 2. The zero-order valence-electron chi connectivity index (χ0n) is 15.3. The van der Waals surface area contributed by atoms with Crippen LogP contribution in [0.25, 0.3) is 0 Å². The maximum atomic E-state index is 14.0. The Kier molecular flexibility index (Phi) is 4.47. The number of para-hydroxylation sites is 2. The van der Waals surface area contributed by atoms with Crippen LogP contribution in [0.2, 0.25) is 0 Å². The molecule has 1 atom stereocenters. The van der Waals surface area contributed by atoms with Crippen molar-refractivity contribution in [3.05, 3.63) is 83.4 Å². The molecular formula is C22H17F2NO3. The lowest BCUT2D eigenvalue weighted by Crippen LogP contribution is -2.28. The van der Waals surface area contributed by atoms with E-state index in [9.17, 15) is 13.6 Å². The van der Waals surface area contributed by atoms with E-state index in [-0.39, 0.29) is 0 Å². The topological polar surface area (TPSA) is 38.8 Å². The molecule has 0 bridgehead atoms. The summed E-state index contributed by atoms with van der Waals surface area (Å²) in [4.78, 5) is 15.0. The minimum Gasteiger partial charge on any atom is -0.497 e. The van der Waals surface area contributed by atoms with E-state index in [0.29, 0.717) is 16.9 Å². The van der Waals surface area contributed by atoms with Crippen LogP contribution in [-0.2, 0) is 4.79 Å². The van der Waals surface area contributed by atoms with Crippen molar-refractivity contribution in [3.8, 4) is 11.5 Å². The predicted octanol–water partition coefficient (Wildman–Crippen LogP) is 4.79. The van der Waals surface area contributed by atoms with E-state index in [1.54, 1.807) is 19.2 Å². The molecule has 0 N–H and O–H groups in total. The Balaban J connectivity index is 1.83. The number of carbonyl (C=O) groups is 1. The smallest absolute Gasteiger partial charge is 0.323 e. The molecule has 0 spiro atoms. The largest absolute Gasteiger partial charge is 0.497 e. The van der Waals surface area contributed by atoms with Gasteiger partial charge in [0.15, 0.2) is 11.6 Å². The highest BCUT2D eigenvalue weighted by Gasteiger charge is 2.35. The van der Waals surface area contributed by atoms with Crippen molar-refractivity contribution in [3.63, 3.8) is 0 Å². The first-order valence-corrected chi connectivity index (χ1v) is 8.67. The summed E-state index contributed by atoms with van der Waals surface area (Å²) in [5, 5.41) is 0. The van der Waals surface area contributed by atoms with Crippen molar-refractivity contribution >= 4 is 17.3 Å². The zero-order valence-corrected chi connectivity index (χ0v) is 15.3. The number of hydrogen-bond donors (Lipinski definition) is 0. The first-order valence-electron chi connectivity index (χ1n) is 8.67. The van der Waals surface area contributed by atoms with Gasteiger partial charge in [-0.05, 0) is 35.4 Å². The highest BCUT2D eigenvalue weighted by Crippen LogP contribution is 2.46. The van der Waals surface area contributed by atoms with Gasteiger partial charge in [0.1, 0.15) is 11.7 Å². The van der Waals surface area contributed by atoms with Crippen LogP contribution < -0.4 is 14.4 Å². The van der Waals surface area contributed by atoms with Crippen LogP contribution >= 0.6 is 0 Å². The Hall–Kier alpha value is -3.41. The van der Waals surface area contributed by atoms with Crippen LogP contribution in [0.4, 0.5) is 20.2 Å². The zero-order chi connectivity index (χ0) is 19.8. The summed E-state index contributed by atoms with van der Waals surface area (Å²) in [6.45, 7) is 0. The average Bonchev–Trinajstić information content (AvgIpc) is 2.71. The van der Waals surface area contributed by atoms with Gasteiger partial charge in [-0.15, -0.1) is 0 Å². The maximum absolute atomic E-state index is 14.0. The van der Waals surface area contributed by atoms with Crippen LogP contribution in [0, 0.1) is 11.6 Å². The number of ether oxygens (including phenoxy) is 2. The summed E-state index contributed by atoms with van der Waals surface area (Å²) in [5.41, 5.74) is 2.93. The fourth-order valence-corrected chi connectivity index (χ4v) is 3.51. The van der Waals surface area contributed by atoms with Crippen LogP contribution in [0.15, 0.2) is 60.7 Å². The molecule has 28 heavy (non-hydrogen) atoms.